The Hall–Kier alpha value is -3.05. The molecule has 1 amide bonds. The molecule has 1 aliphatic rings. The number of hydrogen-bond donors (Lipinski definition) is 1. The Bertz CT molecular complexity index is 997. The fourth-order valence-electron chi connectivity index (χ4n) is 3.56. The summed E-state index contributed by atoms with van der Waals surface area (Å²) in [5.41, 5.74) is -1.13. The molecule has 1 saturated heterocycles. The zero-order valence-electron chi connectivity index (χ0n) is 18.2. The molecule has 3 rings (SSSR count). The summed E-state index contributed by atoms with van der Waals surface area (Å²) in [5.74, 6) is -0.117. The van der Waals surface area contributed by atoms with E-state index in [1.165, 1.54) is 6.07 Å². The second-order valence-electron chi connectivity index (χ2n) is 7.66. The zero-order chi connectivity index (χ0) is 24.7. The summed E-state index contributed by atoms with van der Waals surface area (Å²) >= 11 is 5.91. The van der Waals surface area contributed by atoms with Gasteiger partial charge in [-0.3, -0.25) is 14.9 Å². The molecule has 34 heavy (non-hydrogen) atoms. The van der Waals surface area contributed by atoms with Gasteiger partial charge >= 0.3 is 6.18 Å². The van der Waals surface area contributed by atoms with Gasteiger partial charge in [0.2, 0.25) is 5.91 Å². The number of carbonyl (C=O) groups excluding carboxylic acids is 1. The summed E-state index contributed by atoms with van der Waals surface area (Å²) in [5, 5.41) is 14.3. The van der Waals surface area contributed by atoms with Gasteiger partial charge in [-0.2, -0.15) is 13.2 Å². The van der Waals surface area contributed by atoms with Crippen LogP contribution >= 0.6 is 11.6 Å². The largest absolute Gasteiger partial charge is 0.423 e. The first-order chi connectivity index (χ1) is 16.1. The van der Waals surface area contributed by atoms with Crippen molar-refractivity contribution in [2.24, 2.45) is 0 Å². The highest BCUT2D eigenvalue weighted by atomic mass is 35.5. The lowest BCUT2D eigenvalue weighted by Gasteiger charge is -2.36. The number of nitrogens with zero attached hydrogens (tertiary/aromatic N) is 3. The molecule has 12 heteroatoms. The Labute approximate surface area is 199 Å². The average molecular weight is 501 g/mol. The minimum atomic E-state index is -4.83. The highest BCUT2D eigenvalue weighted by Crippen LogP contribution is 2.37. The number of rotatable bonds is 9. The first kappa shape index (κ1) is 25.6. The topological polar surface area (TPSA) is 87.9 Å². The van der Waals surface area contributed by atoms with E-state index in [-0.39, 0.29) is 31.4 Å². The SMILES string of the molecule is O=C(COCCCNc1ccc([N+](=O)[O-])c(C(F)(F)F)c1)N1CCN(c2ccc(Cl)cc2)CC1. The quantitative estimate of drug-likeness (QED) is 0.311. The number of piperazine rings is 1. The zero-order valence-corrected chi connectivity index (χ0v) is 18.9. The predicted octanol–water partition coefficient (Wildman–Crippen LogP) is 4.43. The van der Waals surface area contributed by atoms with Crippen molar-refractivity contribution in [3.05, 3.63) is 63.2 Å². The van der Waals surface area contributed by atoms with Crippen LogP contribution in [-0.2, 0) is 15.7 Å². The summed E-state index contributed by atoms with van der Waals surface area (Å²) < 4.78 is 44.5. The van der Waals surface area contributed by atoms with Crippen molar-refractivity contribution in [3.63, 3.8) is 0 Å². The maximum absolute atomic E-state index is 13.0. The fourth-order valence-corrected chi connectivity index (χ4v) is 3.68. The van der Waals surface area contributed by atoms with Gasteiger partial charge in [0.25, 0.3) is 5.69 Å². The van der Waals surface area contributed by atoms with Crippen molar-refractivity contribution in [1.82, 2.24) is 4.90 Å². The number of carbonyl (C=O) groups is 1. The van der Waals surface area contributed by atoms with Crippen molar-refractivity contribution in [3.8, 4) is 0 Å². The second kappa shape index (κ2) is 11.4. The van der Waals surface area contributed by atoms with Crippen LogP contribution in [0.1, 0.15) is 12.0 Å². The number of halogens is 4. The van der Waals surface area contributed by atoms with E-state index >= 15 is 0 Å². The van der Waals surface area contributed by atoms with Gasteiger partial charge in [-0.05, 0) is 42.8 Å². The molecule has 2 aromatic rings. The Kier molecular flexibility index (Phi) is 8.56. The normalized spacial score (nSPS) is 14.2. The van der Waals surface area contributed by atoms with Crippen LogP contribution in [0.2, 0.25) is 5.02 Å². The number of alkyl halides is 3. The highest BCUT2D eigenvalue weighted by Gasteiger charge is 2.38. The molecule has 0 unspecified atom stereocenters. The van der Waals surface area contributed by atoms with Crippen molar-refractivity contribution in [2.45, 2.75) is 12.6 Å². The minimum Gasteiger partial charge on any atom is -0.385 e. The van der Waals surface area contributed by atoms with Crippen LogP contribution in [0.3, 0.4) is 0 Å². The lowest BCUT2D eigenvalue weighted by atomic mass is 10.1. The third-order valence-corrected chi connectivity index (χ3v) is 5.59. The predicted molar refractivity (Wildman–Crippen MR) is 122 cm³/mol. The average Bonchev–Trinajstić information content (AvgIpc) is 2.81. The van der Waals surface area contributed by atoms with Crippen LogP contribution in [0, 0.1) is 10.1 Å². The van der Waals surface area contributed by atoms with Gasteiger partial charge < -0.3 is 19.9 Å². The minimum absolute atomic E-state index is 0.0727. The first-order valence-corrected chi connectivity index (χ1v) is 11.0. The third-order valence-electron chi connectivity index (χ3n) is 5.34. The Morgan fingerprint density at radius 1 is 1.12 bits per heavy atom. The Morgan fingerprint density at radius 3 is 2.41 bits per heavy atom. The lowest BCUT2D eigenvalue weighted by molar-refractivity contribution is -0.388. The molecule has 1 heterocycles. The van der Waals surface area contributed by atoms with Gasteiger partial charge in [0, 0.05) is 61.8 Å². The van der Waals surface area contributed by atoms with Crippen LogP contribution in [0.25, 0.3) is 0 Å². The molecule has 1 aliphatic heterocycles. The standard InChI is InChI=1S/C22H24ClF3N4O4/c23-16-2-5-18(6-3-16)28-9-11-29(12-10-28)21(31)15-34-13-1-8-27-17-4-7-20(30(32)33)19(14-17)22(24,25)26/h2-7,14,27H,1,8-13,15H2. The summed E-state index contributed by atoms with van der Waals surface area (Å²) in [6.07, 6.45) is -4.39. The molecule has 0 radical (unpaired) electrons. The van der Waals surface area contributed by atoms with Gasteiger partial charge in [-0.25, -0.2) is 0 Å². The van der Waals surface area contributed by atoms with E-state index in [0.29, 0.717) is 43.7 Å². The second-order valence-corrected chi connectivity index (χ2v) is 8.10. The highest BCUT2D eigenvalue weighted by molar-refractivity contribution is 6.30. The van der Waals surface area contributed by atoms with Crippen LogP contribution in [-0.4, -0.2) is 61.7 Å². The number of anilines is 2. The van der Waals surface area contributed by atoms with Crippen molar-refractivity contribution < 1.29 is 27.6 Å². The maximum Gasteiger partial charge on any atom is 0.423 e. The van der Waals surface area contributed by atoms with E-state index in [4.69, 9.17) is 16.3 Å². The van der Waals surface area contributed by atoms with Crippen LogP contribution in [0.5, 0.6) is 0 Å². The number of nitrogens with one attached hydrogen (secondary N) is 1. The molecule has 0 spiro atoms. The lowest BCUT2D eigenvalue weighted by Crippen LogP contribution is -2.49. The third kappa shape index (κ3) is 6.97. The van der Waals surface area contributed by atoms with E-state index in [1.54, 1.807) is 4.90 Å². The molecule has 1 fully saturated rings. The van der Waals surface area contributed by atoms with Crippen LogP contribution < -0.4 is 10.2 Å². The molecule has 0 saturated carbocycles. The molecule has 8 nitrogen and oxygen atoms in total. The van der Waals surface area contributed by atoms with Gasteiger partial charge in [-0.1, -0.05) is 11.6 Å². The molecule has 1 N–H and O–H groups in total. The Balaban J connectivity index is 1.35. The molecule has 0 bridgehead atoms. The monoisotopic (exact) mass is 500 g/mol. The first-order valence-electron chi connectivity index (χ1n) is 10.6. The number of amides is 1. The number of benzene rings is 2. The molecule has 0 aromatic heterocycles. The number of nitro groups is 1. The summed E-state index contributed by atoms with van der Waals surface area (Å²) in [7, 11) is 0. The van der Waals surface area contributed by atoms with Crippen LogP contribution in [0.15, 0.2) is 42.5 Å². The summed E-state index contributed by atoms with van der Waals surface area (Å²) in [6.45, 7) is 3.00. The fraction of sp³-hybridized carbons (Fsp3) is 0.409. The molecular weight excluding hydrogens is 477 g/mol. The van der Waals surface area contributed by atoms with E-state index in [1.807, 2.05) is 24.3 Å². The van der Waals surface area contributed by atoms with Crippen molar-refractivity contribution >= 4 is 34.6 Å². The molecular formula is C22H24ClF3N4O4. The van der Waals surface area contributed by atoms with Gasteiger partial charge in [-0.15, -0.1) is 0 Å². The molecule has 184 valence electrons. The molecule has 0 aliphatic carbocycles. The molecule has 2 aromatic carbocycles. The van der Waals surface area contributed by atoms with E-state index in [2.05, 4.69) is 10.2 Å². The van der Waals surface area contributed by atoms with E-state index in [0.717, 1.165) is 11.8 Å². The summed E-state index contributed by atoms with van der Waals surface area (Å²) in [4.78, 5) is 26.0. The number of nitro benzene ring substituents is 1. The van der Waals surface area contributed by atoms with Gasteiger partial charge in [0.15, 0.2) is 0 Å². The maximum atomic E-state index is 13.0. The van der Waals surface area contributed by atoms with Gasteiger partial charge in [0.05, 0.1) is 4.92 Å². The number of ether oxygens (including phenoxy) is 1. The summed E-state index contributed by atoms with van der Waals surface area (Å²) in [6, 6.07) is 10.3. The molecule has 0 atom stereocenters. The van der Waals surface area contributed by atoms with Crippen molar-refractivity contribution in [1.29, 1.82) is 0 Å². The Morgan fingerprint density at radius 2 is 1.79 bits per heavy atom. The van der Waals surface area contributed by atoms with Crippen LogP contribution in [0.4, 0.5) is 30.2 Å². The van der Waals surface area contributed by atoms with E-state index < -0.39 is 22.4 Å². The van der Waals surface area contributed by atoms with Crippen molar-refractivity contribution in [2.75, 3.05) is 56.2 Å². The number of hydrogen-bond acceptors (Lipinski definition) is 6. The smallest absolute Gasteiger partial charge is 0.385 e. The van der Waals surface area contributed by atoms with Gasteiger partial charge in [0.1, 0.15) is 12.2 Å². The van der Waals surface area contributed by atoms with E-state index in [9.17, 15) is 28.1 Å².